The lowest BCUT2D eigenvalue weighted by Gasteiger charge is -2.07. The first-order chi connectivity index (χ1) is 9.15. The number of amides is 1. The molecule has 0 unspecified atom stereocenters. The number of nitrogens with one attached hydrogen (secondary N) is 1. The van der Waals surface area contributed by atoms with Gasteiger partial charge in [0, 0.05) is 16.3 Å². The second-order valence-electron chi connectivity index (χ2n) is 4.24. The van der Waals surface area contributed by atoms with Crippen molar-refractivity contribution in [2.75, 3.05) is 16.8 Å². The lowest BCUT2D eigenvalue weighted by Crippen LogP contribution is -2.13. The van der Waals surface area contributed by atoms with E-state index in [1.807, 2.05) is 55.5 Å². The maximum absolute atomic E-state index is 11.8. The van der Waals surface area contributed by atoms with E-state index < -0.39 is 0 Å². The number of anilines is 2. The van der Waals surface area contributed by atoms with Gasteiger partial charge in [-0.2, -0.15) is 0 Å². The molecule has 2 aromatic rings. The molecule has 3 nitrogen and oxygen atoms in total. The molecular formula is C15H16N2OS. The van der Waals surface area contributed by atoms with Crippen molar-refractivity contribution in [2.24, 2.45) is 0 Å². The van der Waals surface area contributed by atoms with E-state index in [2.05, 4.69) is 5.32 Å². The minimum atomic E-state index is -0.0305. The number of para-hydroxylation sites is 1. The zero-order chi connectivity index (χ0) is 13.7. The van der Waals surface area contributed by atoms with Gasteiger partial charge in [-0.1, -0.05) is 24.3 Å². The molecule has 2 aromatic carbocycles. The van der Waals surface area contributed by atoms with Crippen LogP contribution in [0.5, 0.6) is 0 Å². The number of thioether (sulfide) groups is 1. The van der Waals surface area contributed by atoms with Gasteiger partial charge in [-0.3, -0.25) is 4.79 Å². The highest BCUT2D eigenvalue weighted by Gasteiger charge is 2.06. The van der Waals surface area contributed by atoms with Gasteiger partial charge >= 0.3 is 0 Å². The van der Waals surface area contributed by atoms with Crippen LogP contribution in [0, 0.1) is 6.92 Å². The van der Waals surface area contributed by atoms with Gasteiger partial charge in [-0.05, 0) is 36.8 Å². The molecule has 0 saturated carbocycles. The fourth-order valence-electron chi connectivity index (χ4n) is 1.63. The quantitative estimate of drug-likeness (QED) is 0.663. The number of benzene rings is 2. The number of carbonyl (C=O) groups excluding carboxylic acids is 1. The first-order valence-corrected chi connectivity index (χ1v) is 6.97. The zero-order valence-corrected chi connectivity index (χ0v) is 11.5. The van der Waals surface area contributed by atoms with Gasteiger partial charge in [-0.15, -0.1) is 11.8 Å². The predicted octanol–water partition coefficient (Wildman–Crippen LogP) is 3.31. The Morgan fingerprint density at radius 2 is 1.95 bits per heavy atom. The first kappa shape index (κ1) is 13.5. The third-order valence-corrected chi connectivity index (χ3v) is 3.66. The summed E-state index contributed by atoms with van der Waals surface area (Å²) >= 11 is 1.45. The third-order valence-electron chi connectivity index (χ3n) is 2.59. The number of hydrogen-bond acceptors (Lipinski definition) is 3. The zero-order valence-electron chi connectivity index (χ0n) is 10.7. The highest BCUT2D eigenvalue weighted by molar-refractivity contribution is 8.00. The Kier molecular flexibility index (Phi) is 4.47. The van der Waals surface area contributed by atoms with Crippen LogP contribution in [0.2, 0.25) is 0 Å². The van der Waals surface area contributed by atoms with Crippen molar-refractivity contribution >= 4 is 29.0 Å². The summed E-state index contributed by atoms with van der Waals surface area (Å²) < 4.78 is 0. The molecule has 4 heteroatoms. The summed E-state index contributed by atoms with van der Waals surface area (Å²) in [7, 11) is 0. The van der Waals surface area contributed by atoms with Gasteiger partial charge in [0.2, 0.25) is 5.91 Å². The van der Waals surface area contributed by atoms with Crippen LogP contribution < -0.4 is 11.1 Å². The van der Waals surface area contributed by atoms with Gasteiger partial charge in [-0.25, -0.2) is 0 Å². The van der Waals surface area contributed by atoms with E-state index in [0.29, 0.717) is 11.4 Å². The average molecular weight is 272 g/mol. The molecule has 0 heterocycles. The first-order valence-electron chi connectivity index (χ1n) is 5.99. The van der Waals surface area contributed by atoms with Gasteiger partial charge in [0.25, 0.3) is 0 Å². The van der Waals surface area contributed by atoms with Crippen molar-refractivity contribution in [1.82, 2.24) is 0 Å². The van der Waals surface area contributed by atoms with E-state index in [1.54, 1.807) is 0 Å². The van der Waals surface area contributed by atoms with E-state index in [-0.39, 0.29) is 5.91 Å². The standard InChI is InChI=1S/C15H16N2OS/c1-11-7-8-13(16)14(9-11)19-10-15(18)17-12-5-3-2-4-6-12/h2-9H,10,16H2,1H3,(H,17,18). The Morgan fingerprint density at radius 1 is 1.21 bits per heavy atom. The molecule has 0 fully saturated rings. The van der Waals surface area contributed by atoms with Crippen molar-refractivity contribution in [2.45, 2.75) is 11.8 Å². The summed E-state index contributed by atoms with van der Waals surface area (Å²) in [4.78, 5) is 12.8. The molecule has 0 aliphatic rings. The van der Waals surface area contributed by atoms with Crippen molar-refractivity contribution in [1.29, 1.82) is 0 Å². The molecule has 1 amide bonds. The molecule has 3 N–H and O–H groups in total. The maximum atomic E-state index is 11.8. The molecule has 2 rings (SSSR count). The number of carbonyl (C=O) groups is 1. The number of rotatable bonds is 4. The lowest BCUT2D eigenvalue weighted by atomic mass is 10.2. The predicted molar refractivity (Wildman–Crippen MR) is 81.4 cm³/mol. The van der Waals surface area contributed by atoms with Crippen LogP contribution in [0.1, 0.15) is 5.56 Å². The fraction of sp³-hybridized carbons (Fsp3) is 0.133. The van der Waals surface area contributed by atoms with Crippen LogP contribution in [0.25, 0.3) is 0 Å². The van der Waals surface area contributed by atoms with Crippen molar-refractivity contribution in [3.63, 3.8) is 0 Å². The molecule has 0 aliphatic carbocycles. The smallest absolute Gasteiger partial charge is 0.234 e. The fourth-order valence-corrected chi connectivity index (χ4v) is 2.49. The topological polar surface area (TPSA) is 55.1 Å². The summed E-state index contributed by atoms with van der Waals surface area (Å²) in [5, 5.41) is 2.85. The number of aryl methyl sites for hydroxylation is 1. The van der Waals surface area contributed by atoms with Crippen molar-refractivity contribution in [3.05, 3.63) is 54.1 Å². The normalized spacial score (nSPS) is 10.2. The summed E-state index contributed by atoms with van der Waals surface area (Å²) in [5.74, 6) is 0.319. The van der Waals surface area contributed by atoms with Crippen LogP contribution in [0.15, 0.2) is 53.4 Å². The van der Waals surface area contributed by atoms with Gasteiger partial charge in [0.15, 0.2) is 0 Å². The summed E-state index contributed by atoms with van der Waals surface area (Å²) in [6.07, 6.45) is 0. The van der Waals surface area contributed by atoms with E-state index in [9.17, 15) is 4.79 Å². The molecule has 98 valence electrons. The molecule has 0 saturated heterocycles. The molecular weight excluding hydrogens is 256 g/mol. The molecule has 0 radical (unpaired) electrons. The Hall–Kier alpha value is -1.94. The molecule has 0 atom stereocenters. The summed E-state index contributed by atoms with van der Waals surface area (Å²) in [6, 6.07) is 15.2. The highest BCUT2D eigenvalue weighted by atomic mass is 32.2. The number of nitrogen functional groups attached to an aromatic ring is 1. The monoisotopic (exact) mass is 272 g/mol. The minimum Gasteiger partial charge on any atom is -0.398 e. The molecule has 19 heavy (non-hydrogen) atoms. The molecule has 0 bridgehead atoms. The Morgan fingerprint density at radius 3 is 2.68 bits per heavy atom. The van der Waals surface area contributed by atoms with E-state index in [0.717, 1.165) is 16.1 Å². The minimum absolute atomic E-state index is 0.0305. The Bertz CT molecular complexity index is 570. The Labute approximate surface area is 117 Å². The highest BCUT2D eigenvalue weighted by Crippen LogP contribution is 2.26. The molecule has 0 aliphatic heterocycles. The largest absolute Gasteiger partial charge is 0.398 e. The van der Waals surface area contributed by atoms with Crippen LogP contribution in [0.3, 0.4) is 0 Å². The second-order valence-corrected chi connectivity index (χ2v) is 5.26. The van der Waals surface area contributed by atoms with Crippen LogP contribution in [-0.2, 0) is 4.79 Å². The van der Waals surface area contributed by atoms with Crippen molar-refractivity contribution in [3.8, 4) is 0 Å². The number of hydrogen-bond donors (Lipinski definition) is 2. The van der Waals surface area contributed by atoms with E-state index in [1.165, 1.54) is 11.8 Å². The summed E-state index contributed by atoms with van der Waals surface area (Å²) in [6.45, 7) is 2.01. The van der Waals surface area contributed by atoms with Gasteiger partial charge < -0.3 is 11.1 Å². The van der Waals surface area contributed by atoms with Crippen LogP contribution in [0.4, 0.5) is 11.4 Å². The second kappa shape index (κ2) is 6.29. The SMILES string of the molecule is Cc1ccc(N)c(SCC(=O)Nc2ccccc2)c1. The van der Waals surface area contributed by atoms with Gasteiger partial charge in [0.1, 0.15) is 0 Å². The van der Waals surface area contributed by atoms with Crippen molar-refractivity contribution < 1.29 is 4.79 Å². The maximum Gasteiger partial charge on any atom is 0.234 e. The van der Waals surface area contributed by atoms with Gasteiger partial charge in [0.05, 0.1) is 5.75 Å². The molecule has 0 spiro atoms. The average Bonchev–Trinajstić information content (AvgIpc) is 2.41. The lowest BCUT2D eigenvalue weighted by molar-refractivity contribution is -0.113. The summed E-state index contributed by atoms with van der Waals surface area (Å²) in [5.41, 5.74) is 8.54. The van der Waals surface area contributed by atoms with E-state index in [4.69, 9.17) is 5.73 Å². The number of nitrogens with two attached hydrogens (primary N) is 1. The molecule has 0 aromatic heterocycles. The van der Waals surface area contributed by atoms with Crippen LogP contribution >= 0.6 is 11.8 Å². The van der Waals surface area contributed by atoms with E-state index >= 15 is 0 Å². The van der Waals surface area contributed by atoms with Crippen LogP contribution in [-0.4, -0.2) is 11.7 Å². The Balaban J connectivity index is 1.92. The third kappa shape index (κ3) is 4.03.